The Labute approximate surface area is 143 Å². The van der Waals surface area contributed by atoms with Crippen molar-refractivity contribution in [2.24, 2.45) is 0 Å². The van der Waals surface area contributed by atoms with Gasteiger partial charge in [-0.25, -0.2) is 4.79 Å². The fourth-order valence-corrected chi connectivity index (χ4v) is 2.38. The first-order valence-corrected chi connectivity index (χ1v) is 8.24. The van der Waals surface area contributed by atoms with E-state index in [1.807, 2.05) is 0 Å². The lowest BCUT2D eigenvalue weighted by Crippen LogP contribution is -2.41. The van der Waals surface area contributed by atoms with E-state index in [-0.39, 0.29) is 5.91 Å². The second kappa shape index (κ2) is 10.4. The quantitative estimate of drug-likeness (QED) is 0.537. The van der Waals surface area contributed by atoms with Gasteiger partial charge in [-0.15, -0.1) is 0 Å². The van der Waals surface area contributed by atoms with Crippen molar-refractivity contribution in [2.75, 3.05) is 12.4 Å². The molecule has 0 spiro atoms. The molecule has 0 radical (unpaired) electrons. The molecule has 0 heterocycles. The first-order valence-electron chi connectivity index (χ1n) is 8.24. The maximum absolute atomic E-state index is 12.5. The number of hydrogen-bond acceptors (Lipinski definition) is 4. The van der Waals surface area contributed by atoms with Gasteiger partial charge in [-0.1, -0.05) is 44.7 Å². The van der Waals surface area contributed by atoms with Crippen LogP contribution in [0.15, 0.2) is 24.3 Å². The monoisotopic (exact) mass is 334 g/mol. The third-order valence-corrected chi connectivity index (χ3v) is 3.62. The molecule has 1 atom stereocenters. The Hall–Kier alpha value is -2.37. The highest BCUT2D eigenvalue weighted by Crippen LogP contribution is 2.16. The number of rotatable bonds is 9. The number of esters is 1. The summed E-state index contributed by atoms with van der Waals surface area (Å²) < 4.78 is 4.78. The summed E-state index contributed by atoms with van der Waals surface area (Å²) in [7, 11) is 1.30. The number of para-hydroxylation sites is 1. The summed E-state index contributed by atoms with van der Waals surface area (Å²) in [6, 6.07) is 5.99. The molecule has 0 aliphatic carbocycles. The van der Waals surface area contributed by atoms with Crippen molar-refractivity contribution in [2.45, 2.75) is 52.0 Å². The molecule has 0 bridgehead atoms. The maximum atomic E-state index is 12.5. The molecule has 0 aliphatic rings. The number of amides is 2. The summed E-state index contributed by atoms with van der Waals surface area (Å²) in [5.41, 5.74) is 0.729. The van der Waals surface area contributed by atoms with Crippen molar-refractivity contribution < 1.29 is 19.1 Å². The molecular weight excluding hydrogens is 308 g/mol. The number of methoxy groups -OCH3 is 1. The second-order valence-corrected chi connectivity index (χ2v) is 5.63. The molecule has 0 fully saturated rings. The van der Waals surface area contributed by atoms with Crippen LogP contribution in [0.3, 0.4) is 0 Å². The SMILES string of the molecule is CCCCCC[C@@H](NC(=O)c1ccccc1NC(C)=O)C(=O)OC. The predicted octanol–water partition coefficient (Wildman–Crippen LogP) is 2.89. The van der Waals surface area contributed by atoms with Gasteiger partial charge in [0.15, 0.2) is 0 Å². The van der Waals surface area contributed by atoms with Crippen molar-refractivity contribution >= 4 is 23.5 Å². The number of carbonyl (C=O) groups is 3. The van der Waals surface area contributed by atoms with Crippen molar-refractivity contribution in [3.05, 3.63) is 29.8 Å². The molecule has 0 saturated carbocycles. The molecule has 0 saturated heterocycles. The second-order valence-electron chi connectivity index (χ2n) is 5.63. The lowest BCUT2D eigenvalue weighted by molar-refractivity contribution is -0.143. The molecule has 6 heteroatoms. The number of anilines is 1. The van der Waals surface area contributed by atoms with Gasteiger partial charge in [-0.3, -0.25) is 9.59 Å². The molecule has 1 rings (SSSR count). The molecule has 2 N–H and O–H groups in total. The summed E-state index contributed by atoms with van der Waals surface area (Å²) in [4.78, 5) is 35.6. The van der Waals surface area contributed by atoms with Crippen LogP contribution >= 0.6 is 0 Å². The predicted molar refractivity (Wildman–Crippen MR) is 92.8 cm³/mol. The fourth-order valence-electron chi connectivity index (χ4n) is 2.38. The van der Waals surface area contributed by atoms with Gasteiger partial charge in [0.25, 0.3) is 5.91 Å². The van der Waals surface area contributed by atoms with Gasteiger partial charge < -0.3 is 15.4 Å². The Kier molecular flexibility index (Phi) is 8.54. The van der Waals surface area contributed by atoms with Crippen LogP contribution in [0.1, 0.15) is 56.3 Å². The summed E-state index contributed by atoms with van der Waals surface area (Å²) in [6.07, 6.45) is 4.55. The molecule has 0 aliphatic heterocycles. The zero-order chi connectivity index (χ0) is 17.9. The van der Waals surface area contributed by atoms with Crippen LogP contribution in [-0.4, -0.2) is 30.9 Å². The van der Waals surface area contributed by atoms with Crippen LogP contribution in [-0.2, 0) is 14.3 Å². The molecule has 1 aromatic rings. The van der Waals surface area contributed by atoms with Crippen molar-refractivity contribution in [1.29, 1.82) is 0 Å². The number of unbranched alkanes of at least 4 members (excludes halogenated alkanes) is 3. The van der Waals surface area contributed by atoms with E-state index >= 15 is 0 Å². The number of hydrogen-bond donors (Lipinski definition) is 2. The van der Waals surface area contributed by atoms with Gasteiger partial charge in [0.2, 0.25) is 5.91 Å². The lowest BCUT2D eigenvalue weighted by Gasteiger charge is -2.17. The maximum Gasteiger partial charge on any atom is 0.328 e. The van der Waals surface area contributed by atoms with Gasteiger partial charge in [-0.05, 0) is 18.6 Å². The fraction of sp³-hybridized carbons (Fsp3) is 0.500. The van der Waals surface area contributed by atoms with Gasteiger partial charge >= 0.3 is 5.97 Å². The van der Waals surface area contributed by atoms with E-state index in [4.69, 9.17) is 4.74 Å². The average Bonchev–Trinajstić information content (AvgIpc) is 2.56. The van der Waals surface area contributed by atoms with Gasteiger partial charge in [0.1, 0.15) is 6.04 Å². The Bertz CT molecular complexity index is 572. The molecule has 2 amide bonds. The topological polar surface area (TPSA) is 84.5 Å². The minimum Gasteiger partial charge on any atom is -0.467 e. The van der Waals surface area contributed by atoms with E-state index in [1.165, 1.54) is 14.0 Å². The highest BCUT2D eigenvalue weighted by Gasteiger charge is 2.23. The molecule has 6 nitrogen and oxygen atoms in total. The highest BCUT2D eigenvalue weighted by atomic mass is 16.5. The molecule has 24 heavy (non-hydrogen) atoms. The zero-order valence-electron chi connectivity index (χ0n) is 14.6. The van der Waals surface area contributed by atoms with E-state index in [9.17, 15) is 14.4 Å². The Morgan fingerprint density at radius 1 is 1.12 bits per heavy atom. The van der Waals surface area contributed by atoms with Crippen molar-refractivity contribution in [3.63, 3.8) is 0 Å². The summed E-state index contributed by atoms with van der Waals surface area (Å²) in [5, 5.41) is 5.32. The number of carbonyl (C=O) groups excluding carboxylic acids is 3. The average molecular weight is 334 g/mol. The third-order valence-electron chi connectivity index (χ3n) is 3.62. The number of nitrogens with one attached hydrogen (secondary N) is 2. The first-order chi connectivity index (χ1) is 11.5. The molecular formula is C18H26N2O4. The highest BCUT2D eigenvalue weighted by molar-refractivity contribution is 6.04. The van der Waals surface area contributed by atoms with Crippen molar-refractivity contribution in [1.82, 2.24) is 5.32 Å². The van der Waals surface area contributed by atoms with Gasteiger partial charge in [0, 0.05) is 6.92 Å². The van der Waals surface area contributed by atoms with E-state index in [1.54, 1.807) is 24.3 Å². The molecule has 0 aromatic heterocycles. The summed E-state index contributed by atoms with van der Waals surface area (Å²) in [5.74, 6) is -1.14. The Balaban J connectivity index is 2.80. The van der Waals surface area contributed by atoms with E-state index in [2.05, 4.69) is 17.6 Å². The van der Waals surface area contributed by atoms with Crippen LogP contribution in [0.4, 0.5) is 5.69 Å². The third kappa shape index (κ3) is 6.40. The van der Waals surface area contributed by atoms with Crippen LogP contribution in [0.2, 0.25) is 0 Å². The minimum absolute atomic E-state index is 0.265. The molecule has 0 unspecified atom stereocenters. The standard InChI is InChI=1S/C18H26N2O4/c1-4-5-6-7-12-16(18(23)24-3)20-17(22)14-10-8-9-11-15(14)19-13(2)21/h8-11,16H,4-7,12H2,1-3H3,(H,19,21)(H,20,22)/t16-/m1/s1. The van der Waals surface area contributed by atoms with E-state index < -0.39 is 17.9 Å². The largest absolute Gasteiger partial charge is 0.467 e. The number of benzene rings is 1. The molecule has 1 aromatic carbocycles. The lowest BCUT2D eigenvalue weighted by atomic mass is 10.1. The van der Waals surface area contributed by atoms with Gasteiger partial charge in [-0.2, -0.15) is 0 Å². The van der Waals surface area contributed by atoms with Gasteiger partial charge in [0.05, 0.1) is 18.4 Å². The van der Waals surface area contributed by atoms with Crippen molar-refractivity contribution in [3.8, 4) is 0 Å². The zero-order valence-corrected chi connectivity index (χ0v) is 14.6. The number of ether oxygens (including phenoxy) is 1. The smallest absolute Gasteiger partial charge is 0.328 e. The van der Waals surface area contributed by atoms with Crippen LogP contribution < -0.4 is 10.6 Å². The Morgan fingerprint density at radius 2 is 1.83 bits per heavy atom. The van der Waals surface area contributed by atoms with Crippen LogP contribution in [0, 0.1) is 0 Å². The molecule has 132 valence electrons. The normalized spacial score (nSPS) is 11.5. The summed E-state index contributed by atoms with van der Waals surface area (Å²) >= 11 is 0. The van der Waals surface area contributed by atoms with Crippen LogP contribution in [0.5, 0.6) is 0 Å². The minimum atomic E-state index is -0.690. The van der Waals surface area contributed by atoms with Crippen LogP contribution in [0.25, 0.3) is 0 Å². The summed E-state index contributed by atoms with van der Waals surface area (Å²) in [6.45, 7) is 3.48. The Morgan fingerprint density at radius 3 is 2.46 bits per heavy atom. The first kappa shape index (κ1) is 19.7. The van der Waals surface area contributed by atoms with E-state index in [0.717, 1.165) is 25.7 Å². The van der Waals surface area contributed by atoms with E-state index in [0.29, 0.717) is 17.7 Å².